The minimum absolute atomic E-state index is 0.0371. The van der Waals surface area contributed by atoms with Crippen LogP contribution in [0.1, 0.15) is 87.0 Å². The molecule has 10 heteroatoms. The van der Waals surface area contributed by atoms with Gasteiger partial charge in [0.25, 0.3) is 5.91 Å². The largest absolute Gasteiger partial charge is 0.469 e. The number of rotatable bonds is 14. The summed E-state index contributed by atoms with van der Waals surface area (Å²) in [6.07, 6.45) is 3.11. The lowest BCUT2D eigenvalue weighted by molar-refractivity contribution is -0.147. The van der Waals surface area contributed by atoms with Crippen molar-refractivity contribution >= 4 is 35.1 Å². The first-order valence-corrected chi connectivity index (χ1v) is 14.8. The van der Waals surface area contributed by atoms with Gasteiger partial charge in [-0.2, -0.15) is 0 Å². The van der Waals surface area contributed by atoms with E-state index in [0.717, 1.165) is 29.7 Å². The molecule has 1 heterocycles. The van der Waals surface area contributed by atoms with Gasteiger partial charge in [-0.15, -0.1) is 11.3 Å². The van der Waals surface area contributed by atoms with Gasteiger partial charge in [-0.05, 0) is 51.0 Å². The molecule has 41 heavy (non-hydrogen) atoms. The van der Waals surface area contributed by atoms with E-state index in [1.807, 2.05) is 44.2 Å². The molecule has 0 aliphatic heterocycles. The van der Waals surface area contributed by atoms with E-state index in [2.05, 4.69) is 10.3 Å². The maximum absolute atomic E-state index is 13.3. The van der Waals surface area contributed by atoms with E-state index >= 15 is 0 Å². The van der Waals surface area contributed by atoms with Crippen LogP contribution < -0.4 is 5.32 Å². The van der Waals surface area contributed by atoms with Crippen LogP contribution >= 0.6 is 11.3 Å². The smallest absolute Gasteiger partial charge is 0.308 e. The number of carbonyl (C=O) groups excluding carboxylic acids is 4. The average Bonchev–Trinajstić information content (AvgIpc) is 3.60. The van der Waals surface area contributed by atoms with Gasteiger partial charge in [-0.25, -0.2) is 4.98 Å². The summed E-state index contributed by atoms with van der Waals surface area (Å²) in [4.78, 5) is 56.4. The number of nitrogens with zero attached hydrogens (tertiary/aromatic N) is 2. The first-order chi connectivity index (χ1) is 19.5. The van der Waals surface area contributed by atoms with Crippen molar-refractivity contribution in [2.45, 2.75) is 78.4 Å². The van der Waals surface area contributed by atoms with Gasteiger partial charge in [0.1, 0.15) is 10.7 Å². The molecule has 1 fully saturated rings. The van der Waals surface area contributed by atoms with E-state index < -0.39 is 18.0 Å². The summed E-state index contributed by atoms with van der Waals surface area (Å²) in [6, 6.07) is 9.39. The van der Waals surface area contributed by atoms with Gasteiger partial charge >= 0.3 is 11.9 Å². The Hall–Kier alpha value is -3.53. The van der Waals surface area contributed by atoms with Gasteiger partial charge in [-0.3, -0.25) is 19.2 Å². The van der Waals surface area contributed by atoms with Gasteiger partial charge in [0.2, 0.25) is 5.91 Å². The zero-order chi connectivity index (χ0) is 30.1. The van der Waals surface area contributed by atoms with Crippen LogP contribution in [-0.2, 0) is 30.3 Å². The third-order valence-electron chi connectivity index (χ3n) is 7.14. The first-order valence-electron chi connectivity index (χ1n) is 14.0. The van der Waals surface area contributed by atoms with Crippen LogP contribution in [0, 0.1) is 11.8 Å². The summed E-state index contributed by atoms with van der Waals surface area (Å²) >= 11 is 1.23. The summed E-state index contributed by atoms with van der Waals surface area (Å²) in [5.74, 6) is -1.12. The lowest BCUT2D eigenvalue weighted by Gasteiger charge is -2.26. The van der Waals surface area contributed by atoms with Crippen LogP contribution in [0.5, 0.6) is 0 Å². The molecule has 0 unspecified atom stereocenters. The Morgan fingerprint density at radius 3 is 2.39 bits per heavy atom. The predicted octanol–water partition coefficient (Wildman–Crippen LogP) is 5.23. The number of ether oxygens (including phenoxy) is 2. The van der Waals surface area contributed by atoms with Crippen molar-refractivity contribution in [1.82, 2.24) is 15.2 Å². The number of allylic oxidation sites excluding steroid dienone is 1. The summed E-state index contributed by atoms with van der Waals surface area (Å²) in [5, 5.41) is 5.13. The number of benzene rings is 1. The first kappa shape index (κ1) is 32.0. The molecule has 0 radical (unpaired) electrons. The number of esters is 2. The fourth-order valence-corrected chi connectivity index (χ4v) is 5.53. The second-order valence-corrected chi connectivity index (χ2v) is 11.8. The van der Waals surface area contributed by atoms with E-state index in [1.54, 1.807) is 24.3 Å². The van der Waals surface area contributed by atoms with Crippen LogP contribution in [0.3, 0.4) is 0 Å². The number of aromatic nitrogens is 1. The number of nitrogens with one attached hydrogen (secondary N) is 1. The minimum atomic E-state index is -0.750. The molecule has 1 aliphatic carbocycles. The van der Waals surface area contributed by atoms with Crippen molar-refractivity contribution in [3.8, 4) is 0 Å². The molecular weight excluding hydrogens is 542 g/mol. The van der Waals surface area contributed by atoms with Crippen LogP contribution in [-0.4, -0.2) is 53.8 Å². The average molecular weight is 584 g/mol. The highest BCUT2D eigenvalue weighted by atomic mass is 32.1. The molecule has 0 bridgehead atoms. The number of thiazole rings is 1. The van der Waals surface area contributed by atoms with Crippen molar-refractivity contribution in [3.05, 3.63) is 63.2 Å². The van der Waals surface area contributed by atoms with Crippen molar-refractivity contribution < 1.29 is 28.7 Å². The van der Waals surface area contributed by atoms with Gasteiger partial charge in [0.05, 0.1) is 13.0 Å². The van der Waals surface area contributed by atoms with Gasteiger partial charge in [-0.1, -0.05) is 42.8 Å². The zero-order valence-corrected chi connectivity index (χ0v) is 25.6. The molecule has 1 aromatic heterocycles. The van der Waals surface area contributed by atoms with E-state index in [1.165, 1.54) is 25.4 Å². The Morgan fingerprint density at radius 2 is 1.80 bits per heavy atom. The highest BCUT2D eigenvalue weighted by Crippen LogP contribution is 2.35. The molecule has 1 aromatic carbocycles. The molecule has 2 aromatic rings. The van der Waals surface area contributed by atoms with Crippen LogP contribution in [0.4, 0.5) is 0 Å². The molecule has 2 amide bonds. The monoisotopic (exact) mass is 583 g/mol. The van der Waals surface area contributed by atoms with Crippen molar-refractivity contribution in [2.24, 2.45) is 11.8 Å². The Bertz CT molecular complexity index is 1250. The maximum Gasteiger partial charge on any atom is 0.308 e. The quantitative estimate of drug-likeness (QED) is 0.303. The predicted molar refractivity (Wildman–Crippen MR) is 157 cm³/mol. The molecule has 9 nitrogen and oxygen atoms in total. The normalized spacial score (nSPS) is 14.8. The highest BCUT2D eigenvalue weighted by Gasteiger charge is 2.30. The van der Waals surface area contributed by atoms with Crippen LogP contribution in [0.25, 0.3) is 0 Å². The zero-order valence-electron chi connectivity index (χ0n) is 24.8. The summed E-state index contributed by atoms with van der Waals surface area (Å²) in [5.41, 5.74) is 2.93. The molecule has 1 N–H and O–H groups in total. The Morgan fingerprint density at radius 1 is 1.12 bits per heavy atom. The third-order valence-corrected chi connectivity index (χ3v) is 8.07. The molecular formula is C31H41N3O6S. The van der Waals surface area contributed by atoms with Crippen LogP contribution in [0.2, 0.25) is 0 Å². The number of carbonyl (C=O) groups is 4. The Kier molecular flexibility index (Phi) is 11.6. The fourth-order valence-electron chi connectivity index (χ4n) is 4.70. The second kappa shape index (κ2) is 14.9. The number of hydrogen-bond acceptors (Lipinski definition) is 8. The van der Waals surface area contributed by atoms with Crippen molar-refractivity contribution in [3.63, 3.8) is 0 Å². The minimum Gasteiger partial charge on any atom is -0.469 e. The van der Waals surface area contributed by atoms with Crippen molar-refractivity contribution in [2.75, 3.05) is 14.2 Å². The topological polar surface area (TPSA) is 115 Å². The van der Waals surface area contributed by atoms with E-state index in [4.69, 9.17) is 9.47 Å². The lowest BCUT2D eigenvalue weighted by Crippen LogP contribution is -2.39. The summed E-state index contributed by atoms with van der Waals surface area (Å²) in [6.45, 7) is 6.94. The highest BCUT2D eigenvalue weighted by molar-refractivity contribution is 7.09. The number of hydrogen-bond donors (Lipinski definition) is 1. The second-order valence-electron chi connectivity index (χ2n) is 10.9. The molecule has 1 aliphatic rings. The van der Waals surface area contributed by atoms with E-state index in [-0.39, 0.29) is 35.9 Å². The molecule has 3 rings (SSSR count). The number of methoxy groups -OCH3 is 1. The van der Waals surface area contributed by atoms with Gasteiger partial charge in [0, 0.05) is 43.9 Å². The summed E-state index contributed by atoms with van der Waals surface area (Å²) in [7, 11) is 3.10. The fraction of sp³-hybridized carbons (Fsp3) is 0.516. The van der Waals surface area contributed by atoms with Gasteiger partial charge in [0.15, 0.2) is 6.10 Å². The van der Waals surface area contributed by atoms with E-state index in [9.17, 15) is 19.2 Å². The number of amides is 2. The standard InChI is InChI=1S/C31H41N3O6S/c1-19(2)26(34(5)28(36)16-23-12-13-23)17-27(40-21(4)35)30-33-25(18-41-30)29(37)32-24(14-20(3)31(38)39-6)15-22-10-8-7-9-11-22/h7-11,18,20,23-24,27H,12-17H2,1-6H3,(H,32,37)/t20-,24+,27+/m0/s1. The summed E-state index contributed by atoms with van der Waals surface area (Å²) < 4.78 is 10.5. The SMILES string of the molecule is COC(=O)[C@@H](C)C[C@H](Cc1ccccc1)NC(=O)c1csc([C@@H](CC(=C(C)C)N(C)C(=O)CC2CC2)OC(C)=O)n1. The maximum atomic E-state index is 13.3. The Balaban J connectivity index is 1.77. The van der Waals surface area contributed by atoms with Crippen molar-refractivity contribution in [1.29, 1.82) is 0 Å². The lowest BCUT2D eigenvalue weighted by atomic mass is 9.96. The Labute approximate surface area is 246 Å². The van der Waals surface area contributed by atoms with Gasteiger partial charge < -0.3 is 19.7 Å². The molecule has 0 spiro atoms. The van der Waals surface area contributed by atoms with E-state index in [0.29, 0.717) is 30.2 Å². The molecule has 1 saturated carbocycles. The molecule has 222 valence electrons. The third kappa shape index (κ3) is 9.81. The molecule has 0 saturated heterocycles. The molecule has 3 atom stereocenters. The van der Waals surface area contributed by atoms with Crippen LogP contribution in [0.15, 0.2) is 47.0 Å².